The van der Waals surface area contributed by atoms with Gasteiger partial charge in [0.05, 0.1) is 73.8 Å². The second kappa shape index (κ2) is 46.4. The minimum absolute atomic E-state index is 0.0324. The fourth-order valence-corrected chi connectivity index (χ4v) is 17.7. The number of hydrogen-bond donors (Lipinski definition) is 4. The molecular weight excluding hydrogens is 2060 g/mol. The molecule has 40 nitrogen and oxygen atoms in total. The van der Waals surface area contributed by atoms with Gasteiger partial charge in [0.25, 0.3) is 22.2 Å². The van der Waals surface area contributed by atoms with Gasteiger partial charge in [-0.3, -0.25) is 60.7 Å². The largest absolute Gasteiger partial charge is 0.444 e. The van der Waals surface area contributed by atoms with Gasteiger partial charge in [-0.15, -0.1) is 35.3 Å². The van der Waals surface area contributed by atoms with Crippen molar-refractivity contribution in [2.75, 3.05) is 31.1 Å². The molecule has 0 radical (unpaired) electrons. The fourth-order valence-electron chi connectivity index (χ4n) is 16.2. The predicted octanol–water partition coefficient (Wildman–Crippen LogP) is 10.8. The Hall–Kier alpha value is -14.9. The van der Waals surface area contributed by atoms with E-state index >= 15 is 0 Å². The zero-order valence-corrected chi connectivity index (χ0v) is 88.4. The van der Waals surface area contributed by atoms with Crippen molar-refractivity contribution in [2.45, 2.75) is 198 Å². The number of aromatic nitrogens is 24. The average molecular weight is 2170 g/mol. The number of alkyl halides is 1. The summed E-state index contributed by atoms with van der Waals surface area (Å²) < 4.78 is 27.4. The lowest BCUT2D eigenvalue weighted by atomic mass is 10.1. The second-order valence-electron chi connectivity index (χ2n) is 35.5. The van der Waals surface area contributed by atoms with Gasteiger partial charge in [-0.05, 0) is 201 Å². The van der Waals surface area contributed by atoms with Gasteiger partial charge in [0.2, 0.25) is 5.95 Å². The summed E-state index contributed by atoms with van der Waals surface area (Å²) >= 11 is 15.6. The predicted molar refractivity (Wildman–Crippen MR) is 564 cm³/mol. The molecule has 748 valence electrons. The lowest BCUT2D eigenvalue weighted by molar-refractivity contribution is 0.0486. The standard InChI is InChI=1S/C30H36N8O4.2C20H17BrN6O2.C10H9BrN4O2.C10H9ClN2.C10H20N2O2/c1-7-8-16-37-24-25(34-27(37)36-15-11-12-20(17-36)32-28(40)42-30(3,4)5)35(6)29(41)38(26(24)39)18-23-31-19(2)21-13-9-10-14-22(21)33-23;2*1-4-5-10-26-16-17(24-19(26)21)25(3)20(29)27(18(16)28)11-15-22-12(2)13-8-6-7-9-14(13)23-15;1-3-4-5-15-6-7(12-9(15)11)14(2)10(17)13-8(6)16;1-7-8-4-2-3-5-9(8)13-10(6-11)12-7;1-10(2,3)14-9(13)12-8-5-4-6-11-7-8/h9-10,13-14,20H,11-12,15-18H2,1-6H3,(H,32,40);2*6-9H,10-11H2,1-3H3;5H2,1-2H3,(H,13,16,17);2-5H,6H2,1H3;8,11H,4-7H2,1-3H3,(H,12,13)/t20-;;;;;8-/m1....1/s1. The molecule has 18 rings (SSSR count). The summed E-state index contributed by atoms with van der Waals surface area (Å²) in [7, 11) is 6.32. The Balaban J connectivity index is 0.000000152. The zero-order chi connectivity index (χ0) is 104. The first-order valence-electron chi connectivity index (χ1n) is 45.9. The number of halogens is 4. The van der Waals surface area contributed by atoms with E-state index in [0.29, 0.717) is 102 Å². The minimum Gasteiger partial charge on any atom is -0.444 e. The van der Waals surface area contributed by atoms with Crippen molar-refractivity contribution in [3.05, 3.63) is 241 Å². The van der Waals surface area contributed by atoms with Gasteiger partial charge in [-0.25, -0.2) is 83.6 Å². The Kier molecular flexibility index (Phi) is 34.3. The molecule has 44 heteroatoms. The highest BCUT2D eigenvalue weighted by molar-refractivity contribution is 9.11. The Morgan fingerprint density at radius 1 is 0.424 bits per heavy atom. The molecule has 0 bridgehead atoms. The summed E-state index contributed by atoms with van der Waals surface area (Å²) in [5.74, 6) is 25.7. The maximum absolute atomic E-state index is 14.0. The molecule has 4 N–H and O–H groups in total. The topological polar surface area (TPSA) is 453 Å². The van der Waals surface area contributed by atoms with Crippen molar-refractivity contribution in [1.82, 2.24) is 131 Å². The van der Waals surface area contributed by atoms with Crippen LogP contribution in [0.15, 0.2) is 150 Å². The van der Waals surface area contributed by atoms with Crippen molar-refractivity contribution >= 4 is 166 Å². The maximum Gasteiger partial charge on any atom is 0.407 e. The number of alkyl carbamates (subject to hydrolysis) is 2. The molecule has 2 fully saturated rings. The number of benzene rings is 4. The number of aromatic amines is 1. The summed E-state index contributed by atoms with van der Waals surface area (Å²) in [5.41, 5.74) is 4.22. The Morgan fingerprint density at radius 2 is 0.750 bits per heavy atom. The highest BCUT2D eigenvalue weighted by Gasteiger charge is 2.32. The number of carbonyl (C=O) groups excluding carboxylic acids is 2. The van der Waals surface area contributed by atoms with Gasteiger partial charge >= 0.3 is 34.9 Å². The average Bonchev–Trinajstić information content (AvgIpc) is 1.59. The van der Waals surface area contributed by atoms with Crippen molar-refractivity contribution in [3.63, 3.8) is 0 Å². The second-order valence-corrected chi connectivity index (χ2v) is 37.9. The molecule has 0 unspecified atom stereocenters. The van der Waals surface area contributed by atoms with E-state index in [0.717, 1.165) is 119 Å². The van der Waals surface area contributed by atoms with E-state index in [2.05, 4.69) is 171 Å². The smallest absolute Gasteiger partial charge is 0.407 e. The van der Waals surface area contributed by atoms with Gasteiger partial charge in [0.15, 0.2) is 58.9 Å². The van der Waals surface area contributed by atoms with Crippen molar-refractivity contribution in [3.8, 4) is 47.4 Å². The number of para-hydroxylation sites is 4. The van der Waals surface area contributed by atoms with Gasteiger partial charge in [-0.2, -0.15) is 4.98 Å². The lowest BCUT2D eigenvalue weighted by Gasteiger charge is -2.34. The fraction of sp³-hybridized carbons (Fsp3) is 0.380. The van der Waals surface area contributed by atoms with Gasteiger partial charge in [0.1, 0.15) is 34.5 Å². The molecule has 2 aliphatic heterocycles. The van der Waals surface area contributed by atoms with E-state index in [9.17, 15) is 47.9 Å². The quantitative estimate of drug-likeness (QED) is 0.0446. The van der Waals surface area contributed by atoms with Crippen LogP contribution in [0.5, 0.6) is 0 Å². The SMILES string of the molecule is CC#CCn1c(Br)nc2c1c(=O)[nH]c(=O)n2C.CC#CCn1c(Br)nc2c1c(=O)n(Cc1nc(C)c3ccccc3n1)c(=O)n2C.CC#CCn1c(Br)nc2c1c(=O)n(Cc1nc(C)c3ccccc3n1)c(=O)n2C.CC#CCn1c(N2CCC[C@@H](NC(=O)OC(C)(C)C)C2)nc2c1c(=O)n(Cc1nc(C)c3ccccc3n1)c(=O)n2C.CC(C)(C)OC(=O)N[C@@H]1CCCNC1.Cc1nc(CCl)nc2ccccc12. The lowest BCUT2D eigenvalue weighted by Crippen LogP contribution is -2.49. The maximum atomic E-state index is 14.0. The van der Waals surface area contributed by atoms with Crippen molar-refractivity contribution in [2.24, 2.45) is 28.2 Å². The van der Waals surface area contributed by atoms with Crippen LogP contribution in [-0.2, 0) is 89.4 Å². The highest BCUT2D eigenvalue weighted by atomic mass is 79.9. The third-order valence-electron chi connectivity index (χ3n) is 23.0. The van der Waals surface area contributed by atoms with Crippen LogP contribution in [0.3, 0.4) is 0 Å². The van der Waals surface area contributed by atoms with Crippen LogP contribution in [-0.4, -0.2) is 177 Å². The molecule has 144 heavy (non-hydrogen) atoms. The first-order valence-corrected chi connectivity index (χ1v) is 48.8. The molecule has 12 aromatic heterocycles. The van der Waals surface area contributed by atoms with Gasteiger partial charge in [0, 0.05) is 104 Å². The summed E-state index contributed by atoms with van der Waals surface area (Å²) in [6.07, 6.45) is 2.93. The van der Waals surface area contributed by atoms with Crippen LogP contribution in [0.4, 0.5) is 15.5 Å². The Morgan fingerprint density at radius 3 is 1.11 bits per heavy atom. The van der Waals surface area contributed by atoms with E-state index in [1.807, 2.05) is 171 Å². The summed E-state index contributed by atoms with van der Waals surface area (Å²) in [6, 6.07) is 30.9. The summed E-state index contributed by atoms with van der Waals surface area (Å²) in [5, 5.41) is 12.9. The number of ether oxygens (including phenoxy) is 2. The number of nitrogens with zero attached hydrogens (tertiary/aromatic N) is 24. The number of anilines is 1. The number of aryl methyl sites for hydroxylation is 8. The van der Waals surface area contributed by atoms with Crippen molar-refractivity contribution < 1.29 is 19.1 Å². The van der Waals surface area contributed by atoms with E-state index in [1.165, 1.54) is 18.3 Å². The zero-order valence-electron chi connectivity index (χ0n) is 82.8. The molecular formula is C100H108Br3ClN28O12. The molecule has 2 saturated heterocycles. The number of H-pyrrole nitrogens is 1. The number of carbonyl (C=O) groups is 2. The first-order chi connectivity index (χ1) is 68.6. The number of nitrogens with one attached hydrogen (secondary N) is 4. The molecule has 0 spiro atoms. The van der Waals surface area contributed by atoms with Crippen LogP contribution in [0, 0.1) is 75.1 Å². The van der Waals surface area contributed by atoms with E-state index in [4.69, 9.17) is 26.1 Å². The number of fused-ring (bicyclic) bond motifs is 8. The molecule has 2 atom stereocenters. The number of hydrogen-bond acceptors (Lipinski definition) is 26. The highest BCUT2D eigenvalue weighted by Crippen LogP contribution is 2.27. The molecule has 2 amide bonds. The van der Waals surface area contributed by atoms with Gasteiger partial charge in [-0.1, -0.05) is 96.5 Å². The van der Waals surface area contributed by atoms with Crippen LogP contribution in [0.1, 0.15) is 141 Å². The number of imidazole rings is 4. The van der Waals surface area contributed by atoms with Crippen LogP contribution < -0.4 is 65.8 Å². The first kappa shape index (κ1) is 106. The van der Waals surface area contributed by atoms with Gasteiger partial charge < -0.3 is 44.0 Å². The number of piperidine rings is 2. The van der Waals surface area contributed by atoms with Crippen LogP contribution in [0.2, 0.25) is 0 Å². The summed E-state index contributed by atoms with van der Waals surface area (Å²) in [6.45, 7) is 29.6. The third kappa shape index (κ3) is 24.5. The normalized spacial score (nSPS) is 13.4. The molecule has 0 saturated carbocycles. The minimum atomic E-state index is -0.605. The number of amides is 2. The molecule has 16 aromatic rings. The Labute approximate surface area is 855 Å². The molecule has 0 aliphatic carbocycles. The number of rotatable bonds is 14. The molecule has 4 aromatic carbocycles. The monoisotopic (exact) mass is 2160 g/mol. The van der Waals surface area contributed by atoms with E-state index in [1.54, 1.807) is 74.2 Å². The molecule has 14 heterocycles. The Bertz CT molecular complexity index is 8260. The van der Waals surface area contributed by atoms with E-state index < -0.39 is 62.3 Å². The van der Waals surface area contributed by atoms with Crippen LogP contribution >= 0.6 is 59.4 Å². The summed E-state index contributed by atoms with van der Waals surface area (Å²) in [4.78, 5) is 184. The third-order valence-corrected chi connectivity index (χ3v) is 25.1. The van der Waals surface area contributed by atoms with Crippen molar-refractivity contribution in [1.29, 1.82) is 0 Å². The molecule has 2 aliphatic rings. The van der Waals surface area contributed by atoms with E-state index in [-0.39, 0.29) is 68.6 Å². The van der Waals surface area contributed by atoms with Crippen LogP contribution in [0.25, 0.3) is 88.3 Å².